The molecule has 1 aliphatic heterocycles. The van der Waals surface area contributed by atoms with Crippen LogP contribution in [0.25, 0.3) is 0 Å². The second-order valence-electron chi connectivity index (χ2n) is 8.82. The summed E-state index contributed by atoms with van der Waals surface area (Å²) in [5.74, 6) is -0.000561. The Morgan fingerprint density at radius 2 is 1.73 bits per heavy atom. The number of piperazine rings is 1. The first-order valence-corrected chi connectivity index (χ1v) is 11.0. The molecule has 1 aromatic heterocycles. The molecule has 30 heavy (non-hydrogen) atoms. The summed E-state index contributed by atoms with van der Waals surface area (Å²) in [6, 6.07) is 0. The van der Waals surface area contributed by atoms with E-state index in [1.807, 2.05) is 0 Å². The molecule has 1 aromatic rings. The predicted octanol–water partition coefficient (Wildman–Crippen LogP) is 0.782. The van der Waals surface area contributed by atoms with Crippen LogP contribution < -0.4 is 16.0 Å². The van der Waals surface area contributed by atoms with E-state index in [4.69, 9.17) is 5.73 Å². The zero-order valence-corrected chi connectivity index (χ0v) is 17.3. The van der Waals surface area contributed by atoms with E-state index in [2.05, 4.69) is 25.1 Å². The van der Waals surface area contributed by atoms with Gasteiger partial charge < -0.3 is 16.0 Å². The van der Waals surface area contributed by atoms with Gasteiger partial charge in [0.2, 0.25) is 17.8 Å². The predicted molar refractivity (Wildman–Crippen MR) is 110 cm³/mol. The van der Waals surface area contributed by atoms with Gasteiger partial charge in [0.15, 0.2) is 5.82 Å². The Balaban J connectivity index is 1.12. The molecule has 3 N–H and O–H groups in total. The van der Waals surface area contributed by atoms with Crippen LogP contribution in [0.1, 0.15) is 32.1 Å². The number of nitrogens with zero attached hydrogens (tertiary/aromatic N) is 4. The SMILES string of the molecule is NC(=O)[C@H]1[C@@H]2CC[C@@H](C2)[C@H]1C(=O)NCCCCN1CCN(c2ncc(F)cn2)CC1. The molecule has 164 valence electrons. The number of aromatic nitrogens is 2. The highest BCUT2D eigenvalue weighted by atomic mass is 19.1. The number of halogens is 1. The van der Waals surface area contributed by atoms with Crippen LogP contribution in [0.5, 0.6) is 0 Å². The Kier molecular flexibility index (Phi) is 6.46. The van der Waals surface area contributed by atoms with Gasteiger partial charge in [-0.1, -0.05) is 0 Å². The number of hydrogen-bond acceptors (Lipinski definition) is 6. The van der Waals surface area contributed by atoms with Gasteiger partial charge in [-0.05, 0) is 50.5 Å². The van der Waals surface area contributed by atoms with Gasteiger partial charge in [-0.15, -0.1) is 0 Å². The van der Waals surface area contributed by atoms with E-state index in [1.165, 1.54) is 12.4 Å². The summed E-state index contributed by atoms with van der Waals surface area (Å²) >= 11 is 0. The highest BCUT2D eigenvalue weighted by Gasteiger charge is 2.53. The monoisotopic (exact) mass is 418 g/mol. The molecule has 0 aromatic carbocycles. The maximum Gasteiger partial charge on any atom is 0.225 e. The van der Waals surface area contributed by atoms with Gasteiger partial charge in [0.05, 0.1) is 24.2 Å². The molecular formula is C21H31FN6O2. The number of anilines is 1. The quantitative estimate of drug-likeness (QED) is 0.605. The molecule has 2 heterocycles. The average molecular weight is 419 g/mol. The minimum absolute atomic E-state index is 0.0129. The Labute approximate surface area is 176 Å². The van der Waals surface area contributed by atoms with Crippen molar-refractivity contribution in [3.63, 3.8) is 0 Å². The molecule has 3 fully saturated rings. The first-order valence-electron chi connectivity index (χ1n) is 11.0. The smallest absolute Gasteiger partial charge is 0.225 e. The summed E-state index contributed by atoms with van der Waals surface area (Å²) in [7, 11) is 0. The molecular weight excluding hydrogens is 387 g/mol. The van der Waals surface area contributed by atoms with Crippen molar-refractivity contribution in [2.75, 3.05) is 44.2 Å². The molecule has 8 nitrogen and oxygen atoms in total. The molecule has 4 rings (SSSR count). The minimum atomic E-state index is -0.421. The van der Waals surface area contributed by atoms with E-state index in [9.17, 15) is 14.0 Å². The number of unbranched alkanes of at least 4 members (excludes halogenated alkanes) is 1. The average Bonchev–Trinajstić information content (AvgIpc) is 3.36. The zero-order valence-electron chi connectivity index (χ0n) is 17.3. The van der Waals surface area contributed by atoms with Gasteiger partial charge in [-0.25, -0.2) is 14.4 Å². The molecule has 2 amide bonds. The Hall–Kier alpha value is -2.29. The molecule has 9 heteroatoms. The van der Waals surface area contributed by atoms with Gasteiger partial charge >= 0.3 is 0 Å². The molecule has 2 bridgehead atoms. The number of carbonyl (C=O) groups excluding carboxylic acids is 2. The number of rotatable bonds is 8. The normalized spacial score (nSPS) is 28.6. The second-order valence-corrected chi connectivity index (χ2v) is 8.82. The van der Waals surface area contributed by atoms with Crippen LogP contribution in [0.15, 0.2) is 12.4 Å². The third-order valence-corrected chi connectivity index (χ3v) is 7.01. The van der Waals surface area contributed by atoms with Crippen molar-refractivity contribution in [3.8, 4) is 0 Å². The number of primary amides is 1. The van der Waals surface area contributed by atoms with Crippen LogP contribution in [-0.4, -0.2) is 66.0 Å². The van der Waals surface area contributed by atoms with Gasteiger partial charge in [0, 0.05) is 32.7 Å². The molecule has 4 atom stereocenters. The summed E-state index contributed by atoms with van der Waals surface area (Å²) in [4.78, 5) is 37.0. The van der Waals surface area contributed by atoms with E-state index in [0.717, 1.165) is 64.8 Å². The summed E-state index contributed by atoms with van der Waals surface area (Å²) in [5.41, 5.74) is 5.57. The van der Waals surface area contributed by atoms with Crippen LogP contribution >= 0.6 is 0 Å². The fourth-order valence-corrected chi connectivity index (χ4v) is 5.51. The van der Waals surface area contributed by atoms with E-state index in [1.54, 1.807) is 0 Å². The van der Waals surface area contributed by atoms with Crippen LogP contribution in [0, 0.1) is 29.5 Å². The van der Waals surface area contributed by atoms with Gasteiger partial charge in [-0.2, -0.15) is 0 Å². The topological polar surface area (TPSA) is 104 Å². The number of nitrogens with two attached hydrogens (primary N) is 1. The van der Waals surface area contributed by atoms with Crippen molar-refractivity contribution in [1.29, 1.82) is 0 Å². The standard InChI is InChI=1S/C21H31FN6O2/c22-16-12-25-21(26-13-16)28-9-7-27(8-10-28)6-2-1-5-24-20(30)18-15-4-3-14(11-15)17(18)19(23)29/h12-15,17-18H,1-11H2,(H2,23,29)(H,24,30)/t14-,15+,17+,18-/m1/s1. The molecule has 0 spiro atoms. The molecule has 2 aliphatic carbocycles. The number of carbonyl (C=O) groups is 2. The van der Waals surface area contributed by atoms with Gasteiger partial charge in [0.25, 0.3) is 0 Å². The van der Waals surface area contributed by atoms with Gasteiger partial charge in [0.1, 0.15) is 0 Å². The van der Waals surface area contributed by atoms with Gasteiger partial charge in [-0.3, -0.25) is 14.5 Å². The number of amides is 2. The van der Waals surface area contributed by atoms with Crippen LogP contribution in [0.4, 0.5) is 10.3 Å². The van der Waals surface area contributed by atoms with Crippen LogP contribution in [0.3, 0.4) is 0 Å². The summed E-state index contributed by atoms with van der Waals surface area (Å²) in [6.45, 7) is 5.09. The highest BCUT2D eigenvalue weighted by Crippen LogP contribution is 2.52. The zero-order chi connectivity index (χ0) is 21.1. The maximum atomic E-state index is 13.0. The Morgan fingerprint density at radius 1 is 1.07 bits per heavy atom. The lowest BCUT2D eigenvalue weighted by Gasteiger charge is -2.34. The lowest BCUT2D eigenvalue weighted by atomic mass is 9.78. The summed E-state index contributed by atoms with van der Waals surface area (Å²) < 4.78 is 13.0. The number of hydrogen-bond donors (Lipinski definition) is 2. The number of fused-ring (bicyclic) bond motifs is 2. The molecule has 1 saturated heterocycles. The fraction of sp³-hybridized carbons (Fsp3) is 0.714. The third kappa shape index (κ3) is 4.55. The first-order chi connectivity index (χ1) is 14.5. The van der Waals surface area contributed by atoms with E-state index < -0.39 is 5.82 Å². The van der Waals surface area contributed by atoms with Crippen molar-refractivity contribution in [3.05, 3.63) is 18.2 Å². The Bertz CT molecular complexity index is 752. The maximum absolute atomic E-state index is 13.0. The molecule has 3 aliphatic rings. The largest absolute Gasteiger partial charge is 0.369 e. The second kappa shape index (κ2) is 9.24. The highest BCUT2D eigenvalue weighted by molar-refractivity contribution is 5.88. The van der Waals surface area contributed by atoms with Crippen molar-refractivity contribution < 1.29 is 14.0 Å². The van der Waals surface area contributed by atoms with E-state index >= 15 is 0 Å². The number of nitrogens with one attached hydrogen (secondary N) is 1. The molecule has 2 saturated carbocycles. The molecule has 0 unspecified atom stereocenters. The minimum Gasteiger partial charge on any atom is -0.369 e. The lowest BCUT2D eigenvalue weighted by Crippen LogP contribution is -2.47. The van der Waals surface area contributed by atoms with E-state index in [0.29, 0.717) is 24.3 Å². The fourth-order valence-electron chi connectivity index (χ4n) is 5.51. The Morgan fingerprint density at radius 3 is 2.40 bits per heavy atom. The van der Waals surface area contributed by atoms with E-state index in [-0.39, 0.29) is 23.7 Å². The van der Waals surface area contributed by atoms with Crippen molar-refractivity contribution in [2.24, 2.45) is 29.4 Å². The van der Waals surface area contributed by atoms with Crippen molar-refractivity contribution >= 4 is 17.8 Å². The summed E-state index contributed by atoms with van der Waals surface area (Å²) in [5, 5.41) is 3.04. The third-order valence-electron chi connectivity index (χ3n) is 7.01. The molecule has 0 radical (unpaired) electrons. The first kappa shape index (κ1) is 21.0. The summed E-state index contributed by atoms with van der Waals surface area (Å²) in [6.07, 6.45) is 7.36. The lowest BCUT2D eigenvalue weighted by molar-refractivity contribution is -0.135. The van der Waals surface area contributed by atoms with Crippen LogP contribution in [0.2, 0.25) is 0 Å². The van der Waals surface area contributed by atoms with Crippen LogP contribution in [-0.2, 0) is 9.59 Å². The van der Waals surface area contributed by atoms with Crippen molar-refractivity contribution in [1.82, 2.24) is 20.2 Å². The van der Waals surface area contributed by atoms with Crippen molar-refractivity contribution in [2.45, 2.75) is 32.1 Å².